The minimum absolute atomic E-state index is 0.0409. The lowest BCUT2D eigenvalue weighted by atomic mass is 10.1. The number of carbonyl (C=O) groups excluding carboxylic acids is 2. The number of nitrogens with one attached hydrogen (secondary N) is 1. The Balaban J connectivity index is 2.03. The van der Waals surface area contributed by atoms with E-state index in [-0.39, 0.29) is 23.0 Å². The lowest BCUT2D eigenvalue weighted by Crippen LogP contribution is -2.52. The standard InChI is InChI=1S/C30H36ClN3O5S/c1-4-6-19-32-30(36)28(5-2)33(21-23-15-17-24(31)18-16-23)29(35)22-34(25-11-10-12-26(20-25)39-3)40(37,38)27-13-8-7-9-14-27/h7-18,20,28H,4-6,19,21-22H2,1-3H3,(H,32,36). The smallest absolute Gasteiger partial charge is 0.264 e. The molecular formula is C30H36ClN3O5S. The van der Waals surface area contributed by atoms with Crippen LogP contribution in [0.5, 0.6) is 5.75 Å². The van der Waals surface area contributed by atoms with Crippen molar-refractivity contribution in [2.75, 3.05) is 24.5 Å². The monoisotopic (exact) mass is 585 g/mol. The summed E-state index contributed by atoms with van der Waals surface area (Å²) in [6.45, 7) is 3.93. The summed E-state index contributed by atoms with van der Waals surface area (Å²) in [6.07, 6.45) is 2.07. The molecule has 0 radical (unpaired) electrons. The predicted octanol–water partition coefficient (Wildman–Crippen LogP) is 5.27. The van der Waals surface area contributed by atoms with Crippen LogP contribution < -0.4 is 14.4 Å². The number of hydrogen-bond donors (Lipinski definition) is 1. The molecule has 3 rings (SSSR count). The van der Waals surface area contributed by atoms with Gasteiger partial charge < -0.3 is 15.0 Å². The van der Waals surface area contributed by atoms with Gasteiger partial charge in [-0.15, -0.1) is 0 Å². The van der Waals surface area contributed by atoms with Gasteiger partial charge in [-0.3, -0.25) is 13.9 Å². The van der Waals surface area contributed by atoms with E-state index in [2.05, 4.69) is 5.32 Å². The van der Waals surface area contributed by atoms with E-state index in [9.17, 15) is 18.0 Å². The molecule has 8 nitrogen and oxygen atoms in total. The number of nitrogens with zero attached hydrogens (tertiary/aromatic N) is 2. The van der Waals surface area contributed by atoms with Crippen molar-refractivity contribution in [1.29, 1.82) is 0 Å². The van der Waals surface area contributed by atoms with E-state index in [4.69, 9.17) is 16.3 Å². The van der Waals surface area contributed by atoms with Gasteiger partial charge in [0.1, 0.15) is 18.3 Å². The molecule has 10 heteroatoms. The van der Waals surface area contributed by atoms with Crippen LogP contribution in [0.1, 0.15) is 38.7 Å². The van der Waals surface area contributed by atoms with Gasteiger partial charge in [0.2, 0.25) is 11.8 Å². The average molecular weight is 586 g/mol. The Labute approximate surface area is 241 Å². The highest BCUT2D eigenvalue weighted by Gasteiger charge is 2.33. The molecule has 1 unspecified atom stereocenters. The summed E-state index contributed by atoms with van der Waals surface area (Å²) in [5.74, 6) is -0.357. The van der Waals surface area contributed by atoms with Crippen molar-refractivity contribution in [2.45, 2.75) is 50.6 Å². The highest BCUT2D eigenvalue weighted by atomic mass is 35.5. The number of rotatable bonds is 14. The van der Waals surface area contributed by atoms with Gasteiger partial charge in [0.25, 0.3) is 10.0 Å². The number of sulfonamides is 1. The van der Waals surface area contributed by atoms with Gasteiger partial charge in [0, 0.05) is 24.2 Å². The molecule has 0 aliphatic heterocycles. The second-order valence-corrected chi connectivity index (χ2v) is 11.5. The van der Waals surface area contributed by atoms with Crippen molar-refractivity contribution in [2.24, 2.45) is 0 Å². The van der Waals surface area contributed by atoms with Crippen molar-refractivity contribution in [1.82, 2.24) is 10.2 Å². The van der Waals surface area contributed by atoms with Crippen molar-refractivity contribution >= 4 is 39.1 Å². The van der Waals surface area contributed by atoms with Gasteiger partial charge in [-0.05, 0) is 54.8 Å². The maximum atomic E-state index is 14.0. The summed E-state index contributed by atoms with van der Waals surface area (Å²) in [5, 5.41) is 3.46. The molecule has 0 fully saturated rings. The Kier molecular flexibility index (Phi) is 11.4. The van der Waals surface area contributed by atoms with E-state index in [1.807, 2.05) is 13.8 Å². The minimum Gasteiger partial charge on any atom is -0.497 e. The van der Waals surface area contributed by atoms with Crippen molar-refractivity contribution in [3.8, 4) is 5.75 Å². The third kappa shape index (κ3) is 7.99. The maximum Gasteiger partial charge on any atom is 0.264 e. The van der Waals surface area contributed by atoms with Crippen LogP contribution in [-0.4, -0.2) is 51.4 Å². The van der Waals surface area contributed by atoms with Gasteiger partial charge in [-0.2, -0.15) is 0 Å². The number of benzene rings is 3. The molecule has 40 heavy (non-hydrogen) atoms. The van der Waals surface area contributed by atoms with Crippen LogP contribution in [-0.2, 0) is 26.2 Å². The van der Waals surface area contributed by atoms with Crippen LogP contribution in [0, 0.1) is 0 Å². The van der Waals surface area contributed by atoms with E-state index in [0.29, 0.717) is 23.7 Å². The largest absolute Gasteiger partial charge is 0.497 e. The van der Waals surface area contributed by atoms with Crippen LogP contribution in [0.4, 0.5) is 5.69 Å². The van der Waals surface area contributed by atoms with Crippen LogP contribution in [0.15, 0.2) is 83.8 Å². The van der Waals surface area contributed by atoms with Gasteiger partial charge in [0.05, 0.1) is 17.7 Å². The summed E-state index contributed by atoms with van der Waals surface area (Å²) in [7, 11) is -2.66. The first kappa shape index (κ1) is 31.0. The molecule has 0 aromatic heterocycles. The lowest BCUT2D eigenvalue weighted by molar-refractivity contribution is -0.140. The summed E-state index contributed by atoms with van der Waals surface area (Å²) >= 11 is 6.06. The second-order valence-electron chi connectivity index (χ2n) is 9.24. The summed E-state index contributed by atoms with van der Waals surface area (Å²) in [4.78, 5) is 28.8. The van der Waals surface area contributed by atoms with E-state index in [1.54, 1.807) is 66.7 Å². The van der Waals surface area contributed by atoms with Gasteiger partial charge in [-0.1, -0.05) is 68.3 Å². The third-order valence-electron chi connectivity index (χ3n) is 6.43. The SMILES string of the molecule is CCCCNC(=O)C(CC)N(Cc1ccc(Cl)cc1)C(=O)CN(c1cccc(OC)c1)S(=O)(=O)c1ccccc1. The number of amides is 2. The Morgan fingerprint density at radius 2 is 1.68 bits per heavy atom. The molecule has 0 bridgehead atoms. The molecular weight excluding hydrogens is 550 g/mol. The quantitative estimate of drug-likeness (QED) is 0.260. The van der Waals surface area contributed by atoms with Gasteiger partial charge >= 0.3 is 0 Å². The summed E-state index contributed by atoms with van der Waals surface area (Å²) in [5.41, 5.74) is 1.03. The molecule has 214 valence electrons. The maximum absolute atomic E-state index is 14.0. The Bertz CT molecular complexity index is 1370. The van der Waals surface area contributed by atoms with Crippen LogP contribution in [0.3, 0.4) is 0 Å². The van der Waals surface area contributed by atoms with Crippen molar-refractivity contribution in [3.63, 3.8) is 0 Å². The topological polar surface area (TPSA) is 96.0 Å². The number of methoxy groups -OCH3 is 1. The van der Waals surface area contributed by atoms with Gasteiger partial charge in [0.15, 0.2) is 0 Å². The number of carbonyl (C=O) groups is 2. The Morgan fingerprint density at radius 1 is 0.975 bits per heavy atom. The first-order valence-electron chi connectivity index (χ1n) is 13.2. The fourth-order valence-electron chi connectivity index (χ4n) is 4.23. The first-order valence-corrected chi connectivity index (χ1v) is 15.1. The highest BCUT2D eigenvalue weighted by Crippen LogP contribution is 2.28. The number of hydrogen-bond acceptors (Lipinski definition) is 5. The van der Waals surface area contributed by atoms with E-state index < -0.39 is 28.5 Å². The molecule has 0 aliphatic rings. The molecule has 2 amide bonds. The Hall–Kier alpha value is -3.56. The number of anilines is 1. The molecule has 3 aromatic carbocycles. The molecule has 0 heterocycles. The Morgan fingerprint density at radius 3 is 2.30 bits per heavy atom. The molecule has 0 spiro atoms. The minimum atomic E-state index is -4.14. The highest BCUT2D eigenvalue weighted by molar-refractivity contribution is 7.92. The molecule has 1 atom stereocenters. The number of ether oxygens (including phenoxy) is 1. The zero-order chi connectivity index (χ0) is 29.1. The predicted molar refractivity (Wildman–Crippen MR) is 158 cm³/mol. The number of unbranched alkanes of at least 4 members (excludes halogenated alkanes) is 1. The first-order chi connectivity index (χ1) is 19.2. The number of halogens is 1. The second kappa shape index (κ2) is 14.7. The summed E-state index contributed by atoms with van der Waals surface area (Å²) < 4.78 is 34.1. The van der Waals surface area contributed by atoms with Crippen LogP contribution >= 0.6 is 11.6 Å². The van der Waals surface area contributed by atoms with Crippen molar-refractivity contribution < 1.29 is 22.7 Å². The van der Waals surface area contributed by atoms with Crippen LogP contribution in [0.25, 0.3) is 0 Å². The average Bonchev–Trinajstić information content (AvgIpc) is 2.97. The third-order valence-corrected chi connectivity index (χ3v) is 8.47. The van der Waals surface area contributed by atoms with Gasteiger partial charge in [-0.25, -0.2) is 8.42 Å². The van der Waals surface area contributed by atoms with Crippen molar-refractivity contribution in [3.05, 3.63) is 89.4 Å². The van der Waals surface area contributed by atoms with E-state index in [0.717, 1.165) is 22.7 Å². The van der Waals surface area contributed by atoms with Crippen LogP contribution in [0.2, 0.25) is 5.02 Å². The molecule has 0 aliphatic carbocycles. The molecule has 0 saturated carbocycles. The lowest BCUT2D eigenvalue weighted by Gasteiger charge is -2.33. The molecule has 1 N–H and O–H groups in total. The fourth-order valence-corrected chi connectivity index (χ4v) is 5.78. The molecule has 0 saturated heterocycles. The summed E-state index contributed by atoms with van der Waals surface area (Å²) in [6, 6.07) is 20.6. The van der Waals surface area contributed by atoms with E-state index >= 15 is 0 Å². The zero-order valence-corrected chi connectivity index (χ0v) is 24.6. The fraction of sp³-hybridized carbons (Fsp3) is 0.333. The normalized spacial score (nSPS) is 11.9. The zero-order valence-electron chi connectivity index (χ0n) is 23.0. The van der Waals surface area contributed by atoms with E-state index in [1.165, 1.54) is 24.1 Å². The molecule has 3 aromatic rings.